The van der Waals surface area contributed by atoms with Crippen molar-refractivity contribution < 1.29 is 4.39 Å². The molecule has 0 aromatic heterocycles. The van der Waals surface area contributed by atoms with Crippen LogP contribution in [0.25, 0.3) is 0 Å². The van der Waals surface area contributed by atoms with Gasteiger partial charge < -0.3 is 0 Å². The van der Waals surface area contributed by atoms with Crippen molar-refractivity contribution >= 4 is 0 Å². The Labute approximate surface area is 113 Å². The van der Waals surface area contributed by atoms with Gasteiger partial charge >= 0.3 is 0 Å². The zero-order chi connectivity index (χ0) is 13.1. The van der Waals surface area contributed by atoms with E-state index in [0.29, 0.717) is 5.92 Å². The fourth-order valence-corrected chi connectivity index (χ4v) is 2.86. The maximum atomic E-state index is 12.9. The molecule has 1 heteroatoms. The molecule has 0 amide bonds. The van der Waals surface area contributed by atoms with E-state index in [0.717, 1.165) is 12.8 Å². The van der Waals surface area contributed by atoms with Crippen LogP contribution in [0.5, 0.6) is 0 Å². The summed E-state index contributed by atoms with van der Waals surface area (Å²) in [4.78, 5) is 0. The lowest BCUT2D eigenvalue weighted by molar-refractivity contribution is 0.627. The highest BCUT2D eigenvalue weighted by Crippen LogP contribution is 2.36. The molecule has 0 bridgehead atoms. The van der Waals surface area contributed by atoms with Crippen LogP contribution < -0.4 is 0 Å². The third kappa shape index (κ3) is 2.76. The highest BCUT2D eigenvalue weighted by atomic mass is 19.1. The first kappa shape index (κ1) is 12.2. The Morgan fingerprint density at radius 1 is 0.947 bits per heavy atom. The molecule has 0 nitrogen and oxygen atoms in total. The first-order valence-electron chi connectivity index (χ1n) is 6.81. The predicted molar refractivity (Wildman–Crippen MR) is 76.6 cm³/mol. The molecule has 0 fully saturated rings. The van der Waals surface area contributed by atoms with Crippen LogP contribution in [-0.4, -0.2) is 0 Å². The van der Waals surface area contributed by atoms with Crippen LogP contribution in [0.3, 0.4) is 0 Å². The summed E-state index contributed by atoms with van der Waals surface area (Å²) in [5, 5.41) is 0. The largest absolute Gasteiger partial charge is 0.207 e. The Morgan fingerprint density at radius 2 is 1.68 bits per heavy atom. The summed E-state index contributed by atoms with van der Waals surface area (Å²) < 4.78 is 12.9. The topological polar surface area (TPSA) is 0 Å². The summed E-state index contributed by atoms with van der Waals surface area (Å²) in [6.07, 6.45) is 5.62. The van der Waals surface area contributed by atoms with Crippen molar-refractivity contribution in [3.05, 3.63) is 83.2 Å². The minimum Gasteiger partial charge on any atom is -0.207 e. The number of rotatable bonds is 3. The highest BCUT2D eigenvalue weighted by Gasteiger charge is 2.20. The molecule has 0 aliphatic heterocycles. The minimum atomic E-state index is -0.163. The summed E-state index contributed by atoms with van der Waals surface area (Å²) in [5.41, 5.74) is 4.06. The molecule has 0 radical (unpaired) electrons. The van der Waals surface area contributed by atoms with Gasteiger partial charge in [-0.05, 0) is 42.5 Å². The van der Waals surface area contributed by atoms with Crippen molar-refractivity contribution in [2.24, 2.45) is 0 Å². The molecule has 2 aromatic carbocycles. The van der Waals surface area contributed by atoms with E-state index >= 15 is 0 Å². The van der Waals surface area contributed by atoms with Gasteiger partial charge in [0.15, 0.2) is 0 Å². The maximum absolute atomic E-state index is 12.9. The van der Waals surface area contributed by atoms with Crippen LogP contribution >= 0.6 is 0 Å². The van der Waals surface area contributed by atoms with Crippen molar-refractivity contribution in [1.82, 2.24) is 0 Å². The SMILES string of the molecule is Fc1ccc(CC2=CCCC2c2ccccc2)cc1. The first-order chi connectivity index (χ1) is 9.33. The third-order valence-electron chi connectivity index (χ3n) is 3.83. The molecule has 0 N–H and O–H groups in total. The van der Waals surface area contributed by atoms with Crippen LogP contribution in [0.1, 0.15) is 29.9 Å². The van der Waals surface area contributed by atoms with Crippen LogP contribution in [0.15, 0.2) is 66.2 Å². The van der Waals surface area contributed by atoms with Crippen LogP contribution in [0, 0.1) is 5.82 Å². The molecular formula is C18H17F. The second-order valence-corrected chi connectivity index (χ2v) is 5.12. The minimum absolute atomic E-state index is 0.163. The van der Waals surface area contributed by atoms with Crippen molar-refractivity contribution in [2.75, 3.05) is 0 Å². The molecule has 2 aromatic rings. The van der Waals surface area contributed by atoms with Gasteiger partial charge in [-0.1, -0.05) is 54.1 Å². The van der Waals surface area contributed by atoms with E-state index in [1.54, 1.807) is 12.1 Å². The summed E-state index contributed by atoms with van der Waals surface area (Å²) in [6.45, 7) is 0. The van der Waals surface area contributed by atoms with E-state index in [1.807, 2.05) is 12.1 Å². The average molecular weight is 252 g/mol. The highest BCUT2D eigenvalue weighted by molar-refractivity contribution is 5.35. The summed E-state index contributed by atoms with van der Waals surface area (Å²) >= 11 is 0. The van der Waals surface area contributed by atoms with Crippen molar-refractivity contribution in [2.45, 2.75) is 25.2 Å². The molecular weight excluding hydrogens is 235 g/mol. The van der Waals surface area contributed by atoms with E-state index < -0.39 is 0 Å². The Kier molecular flexibility index (Phi) is 3.45. The number of allylic oxidation sites excluding steroid dienone is 2. The zero-order valence-electron chi connectivity index (χ0n) is 10.9. The van der Waals surface area contributed by atoms with Gasteiger partial charge in [0.05, 0.1) is 0 Å². The monoisotopic (exact) mass is 252 g/mol. The fraction of sp³-hybridized carbons (Fsp3) is 0.222. The average Bonchev–Trinajstić information content (AvgIpc) is 2.90. The third-order valence-corrected chi connectivity index (χ3v) is 3.83. The van der Waals surface area contributed by atoms with E-state index in [2.05, 4.69) is 36.4 Å². The Hall–Kier alpha value is -1.89. The molecule has 1 aliphatic rings. The van der Waals surface area contributed by atoms with Gasteiger partial charge in [-0.3, -0.25) is 0 Å². The maximum Gasteiger partial charge on any atom is 0.123 e. The molecule has 3 rings (SSSR count). The Bertz CT molecular complexity index is 566. The predicted octanol–water partition coefficient (Wildman–Crippen LogP) is 4.87. The quantitative estimate of drug-likeness (QED) is 0.683. The number of benzene rings is 2. The van der Waals surface area contributed by atoms with Crippen molar-refractivity contribution in [3.63, 3.8) is 0 Å². The van der Waals surface area contributed by atoms with Gasteiger partial charge in [0.25, 0.3) is 0 Å². The lowest BCUT2D eigenvalue weighted by Gasteiger charge is -2.15. The Morgan fingerprint density at radius 3 is 2.42 bits per heavy atom. The summed E-state index contributed by atoms with van der Waals surface area (Å²) in [5.74, 6) is 0.370. The normalized spacial score (nSPS) is 18.4. The standard InChI is InChI=1S/C18H17F/c19-17-11-9-14(10-12-17)13-16-7-4-8-18(16)15-5-2-1-3-6-15/h1-3,5-7,9-12,18H,4,8,13H2. The van der Waals surface area contributed by atoms with Gasteiger partial charge in [0.2, 0.25) is 0 Å². The van der Waals surface area contributed by atoms with Gasteiger partial charge in [-0.15, -0.1) is 0 Å². The first-order valence-corrected chi connectivity index (χ1v) is 6.81. The summed E-state index contributed by atoms with van der Waals surface area (Å²) in [7, 11) is 0. The van der Waals surface area contributed by atoms with E-state index in [-0.39, 0.29) is 5.82 Å². The molecule has 1 unspecified atom stereocenters. The van der Waals surface area contributed by atoms with E-state index in [9.17, 15) is 4.39 Å². The van der Waals surface area contributed by atoms with Gasteiger partial charge in [0, 0.05) is 5.92 Å². The lowest BCUT2D eigenvalue weighted by Crippen LogP contribution is -2.00. The molecule has 19 heavy (non-hydrogen) atoms. The smallest absolute Gasteiger partial charge is 0.123 e. The molecule has 0 saturated carbocycles. The number of halogens is 1. The second kappa shape index (κ2) is 5.40. The van der Waals surface area contributed by atoms with Crippen LogP contribution in [0.2, 0.25) is 0 Å². The summed E-state index contributed by atoms with van der Waals surface area (Å²) in [6, 6.07) is 17.5. The number of hydrogen-bond acceptors (Lipinski definition) is 0. The van der Waals surface area contributed by atoms with E-state index in [1.165, 1.54) is 23.1 Å². The zero-order valence-corrected chi connectivity index (χ0v) is 10.9. The van der Waals surface area contributed by atoms with Gasteiger partial charge in [-0.25, -0.2) is 4.39 Å². The fourth-order valence-electron chi connectivity index (χ4n) is 2.86. The van der Waals surface area contributed by atoms with E-state index in [4.69, 9.17) is 0 Å². The molecule has 0 heterocycles. The van der Waals surface area contributed by atoms with Crippen molar-refractivity contribution in [3.8, 4) is 0 Å². The molecule has 0 saturated heterocycles. The second-order valence-electron chi connectivity index (χ2n) is 5.12. The van der Waals surface area contributed by atoms with Crippen LogP contribution in [0.4, 0.5) is 4.39 Å². The number of hydrogen-bond donors (Lipinski definition) is 0. The van der Waals surface area contributed by atoms with Crippen molar-refractivity contribution in [1.29, 1.82) is 0 Å². The molecule has 0 spiro atoms. The van der Waals surface area contributed by atoms with Gasteiger partial charge in [0.1, 0.15) is 5.82 Å². The molecule has 1 atom stereocenters. The Balaban J connectivity index is 1.79. The van der Waals surface area contributed by atoms with Gasteiger partial charge in [-0.2, -0.15) is 0 Å². The molecule has 1 aliphatic carbocycles. The lowest BCUT2D eigenvalue weighted by atomic mass is 9.89. The molecule has 96 valence electrons. The van der Waals surface area contributed by atoms with Crippen LogP contribution in [-0.2, 0) is 6.42 Å².